The molecular weight excluding hydrogens is 550 g/mol. The van der Waals surface area contributed by atoms with Gasteiger partial charge in [-0.2, -0.15) is 0 Å². The first-order valence-corrected chi connectivity index (χ1v) is 14.3. The number of halogens is 1. The highest BCUT2D eigenvalue weighted by molar-refractivity contribution is 7.92. The maximum atomic E-state index is 13.7. The van der Waals surface area contributed by atoms with Crippen molar-refractivity contribution in [2.24, 2.45) is 0 Å². The predicted molar refractivity (Wildman–Crippen MR) is 148 cm³/mol. The predicted octanol–water partition coefficient (Wildman–Crippen LogP) is 4.33. The number of amides is 1. The third kappa shape index (κ3) is 5.65. The second-order valence-corrected chi connectivity index (χ2v) is 12.3. The molecule has 3 aromatic rings. The van der Waals surface area contributed by atoms with E-state index in [0.717, 1.165) is 26.9 Å². The summed E-state index contributed by atoms with van der Waals surface area (Å²) in [7, 11) is 0.560. The number of fused-ring (bicyclic) bond motifs is 1. The molecule has 1 amide bonds. The van der Waals surface area contributed by atoms with Gasteiger partial charge in [-0.3, -0.25) is 9.10 Å². The number of benzene rings is 2. The number of carbonyl (C=O) groups excluding carboxylic acids is 2. The van der Waals surface area contributed by atoms with Crippen LogP contribution in [0.5, 0.6) is 5.75 Å². The summed E-state index contributed by atoms with van der Waals surface area (Å²) in [5.74, 6) is -0.803. The standard InChI is InChI=1S/C26H28ClN3O6S2/c1-16-5-8-18(9-6-16)38(33,34)30(17-7-10-21(35-3)20(27)13-17)15-23(31)28-25-24(26(32)36-4)19-11-12-29(2)14-22(19)37-25/h5-10,13H,11-12,14-15H2,1-4H3,(H,28,31). The molecule has 0 spiro atoms. The zero-order valence-electron chi connectivity index (χ0n) is 21.4. The average Bonchev–Trinajstić information content (AvgIpc) is 3.23. The Morgan fingerprint density at radius 1 is 1.16 bits per heavy atom. The molecule has 9 nitrogen and oxygen atoms in total. The van der Waals surface area contributed by atoms with Crippen molar-refractivity contribution in [3.63, 3.8) is 0 Å². The maximum absolute atomic E-state index is 13.7. The van der Waals surface area contributed by atoms with E-state index in [1.807, 2.05) is 14.0 Å². The molecule has 2 heterocycles. The number of anilines is 2. The van der Waals surface area contributed by atoms with Gasteiger partial charge in [-0.1, -0.05) is 29.3 Å². The SMILES string of the molecule is COC(=O)c1c(NC(=O)CN(c2ccc(OC)c(Cl)c2)S(=O)(=O)c2ccc(C)cc2)sc2c1CCN(C)C2. The number of methoxy groups -OCH3 is 2. The molecule has 2 aromatic carbocycles. The quantitative estimate of drug-likeness (QED) is 0.397. The molecule has 0 unspecified atom stereocenters. The topological polar surface area (TPSA) is 105 Å². The van der Waals surface area contributed by atoms with Gasteiger partial charge in [0.25, 0.3) is 10.0 Å². The molecule has 1 aromatic heterocycles. The first kappa shape index (κ1) is 27.9. The van der Waals surface area contributed by atoms with Gasteiger partial charge in [0.15, 0.2) is 0 Å². The number of hydrogen-bond donors (Lipinski definition) is 1. The largest absolute Gasteiger partial charge is 0.495 e. The summed E-state index contributed by atoms with van der Waals surface area (Å²) in [6, 6.07) is 10.8. The first-order chi connectivity index (χ1) is 18.0. The Labute approximate surface area is 231 Å². The zero-order chi connectivity index (χ0) is 27.6. The minimum atomic E-state index is -4.16. The summed E-state index contributed by atoms with van der Waals surface area (Å²) in [4.78, 5) is 29.1. The molecule has 0 saturated heterocycles. The van der Waals surface area contributed by atoms with Crippen LogP contribution in [0.4, 0.5) is 10.7 Å². The number of rotatable bonds is 8. The highest BCUT2D eigenvalue weighted by atomic mass is 35.5. The fourth-order valence-corrected chi connectivity index (χ4v) is 7.19. The molecular formula is C26H28ClN3O6S2. The minimum Gasteiger partial charge on any atom is -0.495 e. The van der Waals surface area contributed by atoms with Crippen molar-refractivity contribution in [3.8, 4) is 5.75 Å². The molecule has 12 heteroatoms. The van der Waals surface area contributed by atoms with Crippen LogP contribution >= 0.6 is 22.9 Å². The van der Waals surface area contributed by atoms with Crippen LogP contribution in [0.2, 0.25) is 5.02 Å². The molecule has 0 bridgehead atoms. The van der Waals surface area contributed by atoms with Crippen LogP contribution in [0.15, 0.2) is 47.4 Å². The summed E-state index contributed by atoms with van der Waals surface area (Å²) in [5, 5.41) is 3.29. The van der Waals surface area contributed by atoms with Gasteiger partial charge in [-0.05, 0) is 56.3 Å². The lowest BCUT2D eigenvalue weighted by Crippen LogP contribution is -2.38. The Balaban J connectivity index is 1.70. The summed E-state index contributed by atoms with van der Waals surface area (Å²) in [6.45, 7) is 2.70. The Bertz CT molecular complexity index is 1470. The molecule has 1 aliphatic rings. The number of aryl methyl sites for hydroxylation is 1. The second kappa shape index (κ2) is 11.3. The number of esters is 1. The summed E-state index contributed by atoms with van der Waals surface area (Å²) in [5.41, 5.74) is 2.24. The van der Waals surface area contributed by atoms with E-state index in [-0.39, 0.29) is 15.6 Å². The zero-order valence-corrected chi connectivity index (χ0v) is 23.8. The van der Waals surface area contributed by atoms with Gasteiger partial charge in [0.1, 0.15) is 17.3 Å². The van der Waals surface area contributed by atoms with E-state index in [1.54, 1.807) is 12.1 Å². The van der Waals surface area contributed by atoms with Crippen LogP contribution < -0.4 is 14.4 Å². The van der Waals surface area contributed by atoms with Crippen molar-refractivity contribution in [1.29, 1.82) is 0 Å². The van der Waals surface area contributed by atoms with Crippen molar-refractivity contribution in [3.05, 3.63) is 69.1 Å². The van der Waals surface area contributed by atoms with Gasteiger partial charge < -0.3 is 19.7 Å². The lowest BCUT2D eigenvalue weighted by atomic mass is 10.0. The van der Waals surface area contributed by atoms with Gasteiger partial charge in [-0.15, -0.1) is 11.3 Å². The van der Waals surface area contributed by atoms with E-state index in [2.05, 4.69) is 10.2 Å². The number of sulfonamides is 1. The molecule has 0 saturated carbocycles. The highest BCUT2D eigenvalue weighted by Crippen LogP contribution is 2.38. The second-order valence-electron chi connectivity index (χ2n) is 8.88. The van der Waals surface area contributed by atoms with E-state index in [1.165, 1.54) is 55.9 Å². The Morgan fingerprint density at radius 2 is 1.87 bits per heavy atom. The van der Waals surface area contributed by atoms with E-state index in [0.29, 0.717) is 29.3 Å². The lowest BCUT2D eigenvalue weighted by Gasteiger charge is -2.24. The summed E-state index contributed by atoms with van der Waals surface area (Å²) in [6.07, 6.45) is 0.640. The van der Waals surface area contributed by atoms with Gasteiger partial charge >= 0.3 is 5.97 Å². The van der Waals surface area contributed by atoms with Crippen LogP contribution in [0.25, 0.3) is 0 Å². The molecule has 0 radical (unpaired) electrons. The number of ether oxygens (including phenoxy) is 2. The minimum absolute atomic E-state index is 0.0210. The Hall–Kier alpha value is -3.12. The van der Waals surface area contributed by atoms with Crippen LogP contribution in [0, 0.1) is 6.92 Å². The first-order valence-electron chi connectivity index (χ1n) is 11.7. The van der Waals surface area contributed by atoms with Crippen molar-refractivity contribution < 1.29 is 27.5 Å². The number of hydrogen-bond acceptors (Lipinski definition) is 8. The van der Waals surface area contributed by atoms with Gasteiger partial charge in [0.05, 0.1) is 35.4 Å². The number of nitrogens with zero attached hydrogens (tertiary/aromatic N) is 2. The molecule has 0 aliphatic carbocycles. The maximum Gasteiger partial charge on any atom is 0.341 e. The normalized spacial score (nSPS) is 13.5. The Morgan fingerprint density at radius 3 is 2.50 bits per heavy atom. The molecule has 0 fully saturated rings. The molecule has 1 aliphatic heterocycles. The molecule has 1 N–H and O–H groups in total. The number of likely N-dealkylation sites (N-methyl/N-ethyl adjacent to an activating group) is 1. The van der Waals surface area contributed by atoms with Crippen molar-refractivity contribution in [2.75, 3.05) is 44.0 Å². The third-order valence-electron chi connectivity index (χ3n) is 6.21. The number of thiophene rings is 1. The van der Waals surface area contributed by atoms with Gasteiger partial charge in [-0.25, -0.2) is 13.2 Å². The van der Waals surface area contributed by atoms with E-state index >= 15 is 0 Å². The van der Waals surface area contributed by atoms with Crippen molar-refractivity contribution in [2.45, 2.75) is 24.8 Å². The molecule has 202 valence electrons. The number of nitrogens with one attached hydrogen (secondary N) is 1. The van der Waals surface area contributed by atoms with Gasteiger partial charge in [0, 0.05) is 18.0 Å². The van der Waals surface area contributed by atoms with Gasteiger partial charge in [0.2, 0.25) is 5.91 Å². The third-order valence-corrected chi connectivity index (χ3v) is 9.43. The van der Waals surface area contributed by atoms with Crippen molar-refractivity contribution >= 4 is 55.5 Å². The monoisotopic (exact) mass is 577 g/mol. The summed E-state index contributed by atoms with van der Waals surface area (Å²) < 4.78 is 38.6. The Kier molecular flexibility index (Phi) is 8.31. The summed E-state index contributed by atoms with van der Waals surface area (Å²) >= 11 is 7.59. The van der Waals surface area contributed by atoms with E-state index in [9.17, 15) is 18.0 Å². The van der Waals surface area contributed by atoms with Crippen molar-refractivity contribution in [1.82, 2.24) is 4.90 Å². The highest BCUT2D eigenvalue weighted by Gasteiger charge is 2.31. The lowest BCUT2D eigenvalue weighted by molar-refractivity contribution is -0.114. The average molecular weight is 578 g/mol. The van der Waals surface area contributed by atoms with Crippen LogP contribution in [0.3, 0.4) is 0 Å². The molecule has 38 heavy (non-hydrogen) atoms. The van der Waals surface area contributed by atoms with Crippen LogP contribution in [-0.2, 0) is 32.5 Å². The fourth-order valence-electron chi connectivity index (χ4n) is 4.20. The number of carbonyl (C=O) groups is 2. The smallest absolute Gasteiger partial charge is 0.341 e. The fraction of sp³-hybridized carbons (Fsp3) is 0.308. The van der Waals surface area contributed by atoms with E-state index in [4.69, 9.17) is 21.1 Å². The molecule has 4 rings (SSSR count). The van der Waals surface area contributed by atoms with Crippen LogP contribution in [0.1, 0.15) is 26.4 Å². The van der Waals surface area contributed by atoms with E-state index < -0.39 is 28.4 Å². The molecule has 0 atom stereocenters. The van der Waals surface area contributed by atoms with Crippen LogP contribution in [-0.4, -0.2) is 59.6 Å².